The molecule has 1 rings (SSSR count). The van der Waals surface area contributed by atoms with E-state index >= 15 is 0 Å². The van der Waals surface area contributed by atoms with Gasteiger partial charge < -0.3 is 24.8 Å². The highest BCUT2D eigenvalue weighted by molar-refractivity contribution is 5.81. The molecule has 0 bridgehead atoms. The highest BCUT2D eigenvalue weighted by Crippen LogP contribution is 2.11. The van der Waals surface area contributed by atoms with Crippen molar-refractivity contribution >= 4 is 5.91 Å². The Balaban J connectivity index is 0.00000210. The Morgan fingerprint density at radius 2 is 1.41 bits per heavy atom. The number of rotatable bonds is 12. The van der Waals surface area contributed by atoms with E-state index in [1.54, 1.807) is 0 Å². The Bertz CT molecular complexity index is 343. The van der Waals surface area contributed by atoms with Crippen LogP contribution in [-0.4, -0.2) is 89.7 Å². The van der Waals surface area contributed by atoms with Crippen molar-refractivity contribution in [2.45, 2.75) is 41.0 Å². The van der Waals surface area contributed by atoms with Gasteiger partial charge in [0, 0.05) is 44.7 Å². The van der Waals surface area contributed by atoms with E-state index < -0.39 is 0 Å². The van der Waals surface area contributed by atoms with E-state index in [4.69, 9.17) is 14.2 Å². The van der Waals surface area contributed by atoms with Gasteiger partial charge in [0.15, 0.2) is 0 Å². The number of ether oxygens (including phenoxy) is 3. The third kappa shape index (κ3) is 17.1. The van der Waals surface area contributed by atoms with Crippen molar-refractivity contribution in [1.82, 2.24) is 15.5 Å². The van der Waals surface area contributed by atoms with Crippen LogP contribution in [-0.2, 0) is 19.0 Å². The predicted octanol–water partition coefficient (Wildman–Crippen LogP) is 1.52. The minimum absolute atomic E-state index is 0.0420. The molecule has 0 radical (unpaired) electrons. The van der Waals surface area contributed by atoms with Crippen LogP contribution in [0.5, 0.6) is 0 Å². The van der Waals surface area contributed by atoms with Crippen molar-refractivity contribution in [3.05, 3.63) is 0 Å². The summed E-state index contributed by atoms with van der Waals surface area (Å²) in [4.78, 5) is 14.0. The van der Waals surface area contributed by atoms with E-state index in [-0.39, 0.29) is 11.3 Å². The Morgan fingerprint density at radius 3 is 1.93 bits per heavy atom. The number of nitrogens with zero attached hydrogens (tertiary/aromatic N) is 1. The summed E-state index contributed by atoms with van der Waals surface area (Å²) in [7, 11) is 0. The number of hydrogen-bond acceptors (Lipinski definition) is 6. The number of nitrogens with one attached hydrogen (secondary N) is 2. The van der Waals surface area contributed by atoms with Crippen LogP contribution in [0.15, 0.2) is 0 Å². The van der Waals surface area contributed by atoms with Crippen LogP contribution in [0.4, 0.5) is 0 Å². The monoisotopic (exact) mass is 389 g/mol. The second-order valence-corrected chi connectivity index (χ2v) is 7.64. The molecule has 0 aromatic carbocycles. The van der Waals surface area contributed by atoms with Crippen LogP contribution in [0.25, 0.3) is 0 Å². The summed E-state index contributed by atoms with van der Waals surface area (Å²) in [5.41, 5.74) is -0.353. The maximum Gasteiger partial charge on any atom is 0.225 e. The highest BCUT2D eigenvalue weighted by atomic mass is 16.5. The predicted molar refractivity (Wildman–Crippen MR) is 110 cm³/mol. The Morgan fingerprint density at radius 1 is 0.926 bits per heavy atom. The van der Waals surface area contributed by atoms with Gasteiger partial charge in [0.05, 0.1) is 39.6 Å². The highest BCUT2D eigenvalue weighted by Gasteiger charge is 2.20. The van der Waals surface area contributed by atoms with Gasteiger partial charge in [0.25, 0.3) is 0 Å². The molecular formula is C20H43N3O4. The summed E-state index contributed by atoms with van der Waals surface area (Å²) < 4.78 is 16.4. The molecule has 0 aromatic heterocycles. The van der Waals surface area contributed by atoms with Gasteiger partial charge in [-0.15, -0.1) is 0 Å². The lowest BCUT2D eigenvalue weighted by molar-refractivity contribution is -0.128. The molecule has 1 aliphatic rings. The van der Waals surface area contributed by atoms with Crippen molar-refractivity contribution in [2.24, 2.45) is 5.41 Å². The minimum Gasteiger partial charge on any atom is -0.378 e. The summed E-state index contributed by atoms with van der Waals surface area (Å²) >= 11 is 0. The quantitative estimate of drug-likeness (QED) is 0.493. The molecule has 1 saturated heterocycles. The van der Waals surface area contributed by atoms with E-state index in [9.17, 15) is 4.79 Å². The molecule has 1 fully saturated rings. The molecule has 2 N–H and O–H groups in total. The summed E-state index contributed by atoms with van der Waals surface area (Å²) in [6.07, 6.45) is 1.25. The fraction of sp³-hybridized carbons (Fsp3) is 0.950. The third-order valence-electron chi connectivity index (χ3n) is 3.72. The van der Waals surface area contributed by atoms with E-state index in [1.807, 2.05) is 20.8 Å². The standard InChI is InChI=1S/C17H35N3O4.C3H8/c1-17(2,3)16(21)19-6-10-22-12-14-24-15-13-23-11-9-20-7-4-18-5-8-20;1-3-2/h18H,4-15H2,1-3H3,(H,19,21);3H2,1-2H3. The fourth-order valence-electron chi connectivity index (χ4n) is 2.17. The molecule has 0 aliphatic carbocycles. The summed E-state index contributed by atoms with van der Waals surface area (Å²) in [5, 5.41) is 6.18. The number of piperazine rings is 1. The molecule has 162 valence electrons. The molecule has 0 aromatic rings. The molecule has 0 atom stereocenters. The van der Waals surface area contributed by atoms with Gasteiger partial charge in [-0.25, -0.2) is 0 Å². The number of amides is 1. The number of carbonyl (C=O) groups excluding carboxylic acids is 1. The van der Waals surface area contributed by atoms with E-state index in [1.165, 1.54) is 6.42 Å². The van der Waals surface area contributed by atoms with Crippen molar-refractivity contribution in [3.8, 4) is 0 Å². The fourth-order valence-corrected chi connectivity index (χ4v) is 2.17. The van der Waals surface area contributed by atoms with Gasteiger partial charge >= 0.3 is 0 Å². The average Bonchev–Trinajstić information content (AvgIpc) is 2.63. The van der Waals surface area contributed by atoms with Crippen LogP contribution in [0.3, 0.4) is 0 Å². The van der Waals surface area contributed by atoms with Gasteiger partial charge in [-0.2, -0.15) is 0 Å². The molecule has 7 heteroatoms. The van der Waals surface area contributed by atoms with Gasteiger partial charge in [-0.3, -0.25) is 9.69 Å². The van der Waals surface area contributed by atoms with Crippen LogP contribution >= 0.6 is 0 Å². The van der Waals surface area contributed by atoms with E-state index in [2.05, 4.69) is 29.4 Å². The second kappa shape index (κ2) is 17.4. The number of carbonyl (C=O) groups is 1. The SMILES string of the molecule is CC(C)(C)C(=O)NCCOCCOCCOCCN1CCNCC1.CCC. The molecule has 7 nitrogen and oxygen atoms in total. The van der Waals surface area contributed by atoms with E-state index in [0.717, 1.165) is 39.3 Å². The maximum atomic E-state index is 11.6. The molecule has 27 heavy (non-hydrogen) atoms. The lowest BCUT2D eigenvalue weighted by Gasteiger charge is -2.26. The molecule has 0 saturated carbocycles. The van der Waals surface area contributed by atoms with Crippen LogP contribution < -0.4 is 10.6 Å². The summed E-state index contributed by atoms with van der Waals surface area (Å²) in [5.74, 6) is 0.0420. The first kappa shape index (κ1) is 26.3. The van der Waals surface area contributed by atoms with Gasteiger partial charge in [-0.1, -0.05) is 41.0 Å². The number of hydrogen-bond donors (Lipinski definition) is 2. The van der Waals surface area contributed by atoms with Crippen molar-refractivity contribution < 1.29 is 19.0 Å². The minimum atomic E-state index is -0.353. The average molecular weight is 390 g/mol. The molecular weight excluding hydrogens is 346 g/mol. The second-order valence-electron chi connectivity index (χ2n) is 7.64. The topological polar surface area (TPSA) is 72.1 Å². The van der Waals surface area contributed by atoms with Crippen molar-refractivity contribution in [1.29, 1.82) is 0 Å². The molecule has 0 spiro atoms. The molecule has 1 heterocycles. The Kier molecular flexibility index (Phi) is 16.9. The van der Waals surface area contributed by atoms with Gasteiger partial charge in [0.1, 0.15) is 0 Å². The first-order valence-corrected chi connectivity index (χ1v) is 10.4. The van der Waals surface area contributed by atoms with Crippen molar-refractivity contribution in [2.75, 3.05) is 78.9 Å². The zero-order valence-corrected chi connectivity index (χ0v) is 18.3. The maximum absolute atomic E-state index is 11.6. The Labute approximate surface area is 166 Å². The lowest BCUT2D eigenvalue weighted by atomic mass is 9.96. The van der Waals surface area contributed by atoms with Crippen molar-refractivity contribution in [3.63, 3.8) is 0 Å². The third-order valence-corrected chi connectivity index (χ3v) is 3.72. The molecule has 0 unspecified atom stereocenters. The molecule has 1 amide bonds. The first-order valence-electron chi connectivity index (χ1n) is 10.4. The van der Waals surface area contributed by atoms with Gasteiger partial charge in [-0.05, 0) is 0 Å². The largest absolute Gasteiger partial charge is 0.378 e. The van der Waals surface area contributed by atoms with Gasteiger partial charge in [0.2, 0.25) is 5.91 Å². The molecule has 1 aliphatic heterocycles. The first-order chi connectivity index (χ1) is 12.9. The summed E-state index contributed by atoms with van der Waals surface area (Å²) in [6, 6.07) is 0. The van der Waals surface area contributed by atoms with Crippen LogP contribution in [0.1, 0.15) is 41.0 Å². The summed E-state index contributed by atoms with van der Waals surface area (Å²) in [6.45, 7) is 19.4. The van der Waals surface area contributed by atoms with Crippen LogP contribution in [0, 0.1) is 5.41 Å². The zero-order chi connectivity index (χ0) is 20.4. The Hall–Kier alpha value is -0.730. The van der Waals surface area contributed by atoms with Crippen LogP contribution in [0.2, 0.25) is 0 Å². The lowest BCUT2D eigenvalue weighted by Crippen LogP contribution is -2.44. The van der Waals surface area contributed by atoms with E-state index in [0.29, 0.717) is 39.6 Å². The normalized spacial score (nSPS) is 15.1. The zero-order valence-electron chi connectivity index (χ0n) is 18.3. The smallest absolute Gasteiger partial charge is 0.225 e.